The van der Waals surface area contributed by atoms with E-state index in [9.17, 15) is 0 Å². The zero-order chi connectivity index (χ0) is 6.97. The lowest BCUT2D eigenvalue weighted by molar-refractivity contribution is 0.911. The number of nitrogens with zero attached hydrogens (tertiary/aromatic N) is 1. The SMILES string of the molecule is Clc1nccc2c1CCC2. The van der Waals surface area contributed by atoms with E-state index < -0.39 is 0 Å². The van der Waals surface area contributed by atoms with Crippen molar-refractivity contribution < 1.29 is 0 Å². The summed E-state index contributed by atoms with van der Waals surface area (Å²) in [5.41, 5.74) is 2.66. The number of fused-ring (bicyclic) bond motifs is 1. The third kappa shape index (κ3) is 0.816. The highest BCUT2D eigenvalue weighted by molar-refractivity contribution is 6.30. The molecule has 0 saturated carbocycles. The number of halogens is 1. The van der Waals surface area contributed by atoms with Gasteiger partial charge in [-0.05, 0) is 36.5 Å². The average molecular weight is 154 g/mol. The fraction of sp³-hybridized carbons (Fsp3) is 0.375. The Morgan fingerprint density at radius 1 is 1.40 bits per heavy atom. The molecule has 0 spiro atoms. The number of hydrogen-bond acceptors (Lipinski definition) is 1. The quantitative estimate of drug-likeness (QED) is 0.521. The van der Waals surface area contributed by atoms with Crippen LogP contribution >= 0.6 is 11.6 Å². The maximum Gasteiger partial charge on any atom is 0.132 e. The van der Waals surface area contributed by atoms with Crippen molar-refractivity contribution in [2.24, 2.45) is 0 Å². The summed E-state index contributed by atoms with van der Waals surface area (Å²) in [6.07, 6.45) is 5.31. The predicted molar refractivity (Wildman–Crippen MR) is 41.3 cm³/mol. The summed E-state index contributed by atoms with van der Waals surface area (Å²) >= 11 is 5.86. The molecule has 0 bridgehead atoms. The van der Waals surface area contributed by atoms with Crippen molar-refractivity contribution in [1.29, 1.82) is 0 Å². The fourth-order valence-corrected chi connectivity index (χ4v) is 1.73. The molecule has 0 saturated heterocycles. The van der Waals surface area contributed by atoms with Crippen molar-refractivity contribution in [3.8, 4) is 0 Å². The van der Waals surface area contributed by atoms with Crippen LogP contribution in [0.2, 0.25) is 5.15 Å². The lowest BCUT2D eigenvalue weighted by Gasteiger charge is -1.97. The van der Waals surface area contributed by atoms with Crippen molar-refractivity contribution in [1.82, 2.24) is 4.98 Å². The van der Waals surface area contributed by atoms with Gasteiger partial charge in [0.05, 0.1) is 0 Å². The molecule has 0 atom stereocenters. The Labute approximate surface area is 65.0 Å². The normalized spacial score (nSPS) is 15.3. The van der Waals surface area contributed by atoms with Gasteiger partial charge in [0.1, 0.15) is 5.15 Å². The zero-order valence-electron chi connectivity index (χ0n) is 5.60. The number of aromatic nitrogens is 1. The van der Waals surface area contributed by atoms with Gasteiger partial charge in [0, 0.05) is 6.20 Å². The molecule has 52 valence electrons. The molecule has 2 heteroatoms. The average Bonchev–Trinajstić information content (AvgIpc) is 2.36. The summed E-state index contributed by atoms with van der Waals surface area (Å²) in [7, 11) is 0. The van der Waals surface area contributed by atoms with E-state index in [1.54, 1.807) is 6.20 Å². The third-order valence-corrected chi connectivity index (χ3v) is 2.30. The Hall–Kier alpha value is -0.560. The minimum absolute atomic E-state index is 0.704. The Kier molecular flexibility index (Phi) is 1.38. The second-order valence-corrected chi connectivity index (χ2v) is 2.95. The van der Waals surface area contributed by atoms with Crippen molar-refractivity contribution in [2.75, 3.05) is 0 Å². The minimum Gasteiger partial charge on any atom is -0.244 e. The van der Waals surface area contributed by atoms with Gasteiger partial charge in [-0.1, -0.05) is 11.6 Å². The second kappa shape index (κ2) is 2.24. The van der Waals surface area contributed by atoms with Crippen LogP contribution in [-0.2, 0) is 12.8 Å². The van der Waals surface area contributed by atoms with Crippen LogP contribution in [0.3, 0.4) is 0 Å². The van der Waals surface area contributed by atoms with E-state index >= 15 is 0 Å². The molecule has 1 aliphatic rings. The maximum absolute atomic E-state index is 5.86. The summed E-state index contributed by atoms with van der Waals surface area (Å²) in [6.45, 7) is 0. The van der Waals surface area contributed by atoms with Gasteiger partial charge >= 0.3 is 0 Å². The predicted octanol–water partition coefficient (Wildman–Crippen LogP) is 2.22. The molecule has 0 N–H and O–H groups in total. The maximum atomic E-state index is 5.86. The molecule has 0 aromatic carbocycles. The van der Waals surface area contributed by atoms with Crippen LogP contribution in [0.1, 0.15) is 17.5 Å². The van der Waals surface area contributed by atoms with E-state index in [1.165, 1.54) is 24.0 Å². The molecule has 0 aliphatic heterocycles. The molecule has 1 aromatic heterocycles. The second-order valence-electron chi connectivity index (χ2n) is 2.59. The molecule has 1 aromatic rings. The largest absolute Gasteiger partial charge is 0.244 e. The molecule has 2 rings (SSSR count). The summed E-state index contributed by atoms with van der Waals surface area (Å²) in [4.78, 5) is 4.02. The van der Waals surface area contributed by atoms with Crippen LogP contribution in [0.5, 0.6) is 0 Å². The number of aryl methyl sites for hydroxylation is 1. The van der Waals surface area contributed by atoms with Gasteiger partial charge in [-0.2, -0.15) is 0 Å². The van der Waals surface area contributed by atoms with Crippen LogP contribution in [0.25, 0.3) is 0 Å². The van der Waals surface area contributed by atoms with Gasteiger partial charge in [-0.3, -0.25) is 0 Å². The Morgan fingerprint density at radius 3 is 3.10 bits per heavy atom. The van der Waals surface area contributed by atoms with Crippen molar-refractivity contribution in [3.05, 3.63) is 28.5 Å². The van der Waals surface area contributed by atoms with Crippen LogP contribution < -0.4 is 0 Å². The first-order valence-corrected chi connectivity index (χ1v) is 3.88. The van der Waals surface area contributed by atoms with Gasteiger partial charge < -0.3 is 0 Å². The number of pyridine rings is 1. The number of hydrogen-bond donors (Lipinski definition) is 0. The number of rotatable bonds is 0. The summed E-state index contributed by atoms with van der Waals surface area (Å²) in [6, 6.07) is 2.06. The molecule has 10 heavy (non-hydrogen) atoms. The van der Waals surface area contributed by atoms with Crippen molar-refractivity contribution in [3.63, 3.8) is 0 Å². The third-order valence-electron chi connectivity index (χ3n) is 1.97. The Bertz CT molecular complexity index is 257. The first kappa shape index (κ1) is 6.17. The van der Waals surface area contributed by atoms with Gasteiger partial charge in [0.25, 0.3) is 0 Å². The molecular weight excluding hydrogens is 146 g/mol. The molecule has 0 amide bonds. The van der Waals surface area contributed by atoms with Gasteiger partial charge in [0.15, 0.2) is 0 Å². The summed E-state index contributed by atoms with van der Waals surface area (Å²) in [5.74, 6) is 0. The summed E-state index contributed by atoms with van der Waals surface area (Å²) in [5, 5.41) is 0.704. The minimum atomic E-state index is 0.704. The van der Waals surface area contributed by atoms with E-state index in [2.05, 4.69) is 11.1 Å². The molecule has 0 fully saturated rings. The van der Waals surface area contributed by atoms with Crippen LogP contribution in [0, 0.1) is 0 Å². The van der Waals surface area contributed by atoms with E-state index in [0.29, 0.717) is 5.15 Å². The fourth-order valence-electron chi connectivity index (χ4n) is 1.46. The molecule has 1 nitrogen and oxygen atoms in total. The highest BCUT2D eigenvalue weighted by atomic mass is 35.5. The first-order valence-electron chi connectivity index (χ1n) is 3.50. The van der Waals surface area contributed by atoms with E-state index in [-0.39, 0.29) is 0 Å². The highest BCUT2D eigenvalue weighted by Crippen LogP contribution is 2.26. The molecule has 1 aliphatic carbocycles. The Morgan fingerprint density at radius 2 is 2.30 bits per heavy atom. The lowest BCUT2D eigenvalue weighted by Crippen LogP contribution is -1.85. The van der Waals surface area contributed by atoms with Crippen molar-refractivity contribution in [2.45, 2.75) is 19.3 Å². The standard InChI is InChI=1S/C8H8ClN/c9-8-7-3-1-2-6(7)4-5-10-8/h4-5H,1-3H2. The van der Waals surface area contributed by atoms with Gasteiger partial charge in [-0.15, -0.1) is 0 Å². The van der Waals surface area contributed by atoms with Gasteiger partial charge in [-0.25, -0.2) is 4.98 Å². The lowest BCUT2D eigenvalue weighted by atomic mass is 10.2. The summed E-state index contributed by atoms with van der Waals surface area (Å²) < 4.78 is 0. The smallest absolute Gasteiger partial charge is 0.132 e. The molecular formula is C8H8ClN. The van der Waals surface area contributed by atoms with Crippen LogP contribution in [0.4, 0.5) is 0 Å². The van der Waals surface area contributed by atoms with E-state index in [4.69, 9.17) is 11.6 Å². The first-order chi connectivity index (χ1) is 4.88. The molecule has 0 unspecified atom stereocenters. The topological polar surface area (TPSA) is 12.9 Å². The van der Waals surface area contributed by atoms with Crippen LogP contribution in [-0.4, -0.2) is 4.98 Å². The monoisotopic (exact) mass is 153 g/mol. The molecule has 1 heterocycles. The van der Waals surface area contributed by atoms with E-state index in [1.807, 2.05) is 0 Å². The molecule has 0 radical (unpaired) electrons. The highest BCUT2D eigenvalue weighted by Gasteiger charge is 2.13. The van der Waals surface area contributed by atoms with Gasteiger partial charge in [0.2, 0.25) is 0 Å². The zero-order valence-corrected chi connectivity index (χ0v) is 6.36. The van der Waals surface area contributed by atoms with Crippen molar-refractivity contribution >= 4 is 11.6 Å². The van der Waals surface area contributed by atoms with E-state index in [0.717, 1.165) is 6.42 Å². The van der Waals surface area contributed by atoms with Crippen LogP contribution in [0.15, 0.2) is 12.3 Å². The Balaban J connectivity index is 2.59.